The molecule has 6 heteroatoms. The fourth-order valence-electron chi connectivity index (χ4n) is 3.71. The Morgan fingerprint density at radius 1 is 1.10 bits per heavy atom. The van der Waals surface area contributed by atoms with Crippen LogP contribution in [0.4, 0.5) is 0 Å². The second-order valence-corrected chi connectivity index (χ2v) is 7.92. The third-order valence-electron chi connectivity index (χ3n) is 5.14. The van der Waals surface area contributed by atoms with Gasteiger partial charge in [-0.25, -0.2) is 4.98 Å². The highest BCUT2D eigenvalue weighted by Gasteiger charge is 2.13. The standard InChI is InChI=1S/C23H20N4OS/c1-15-12-17-7-3-5-9-21(17)27(15)11-10-24-22(28)20-14-29-23(26-20)19-13-16-6-2-4-8-18(16)25-19/h2-9,12-14,25H,10-11H2,1H3,(H,24,28). The topological polar surface area (TPSA) is 62.7 Å². The minimum Gasteiger partial charge on any atom is -0.353 e. The molecule has 3 heterocycles. The molecule has 0 radical (unpaired) electrons. The molecule has 0 atom stereocenters. The molecule has 5 nitrogen and oxygen atoms in total. The van der Waals surface area contributed by atoms with Crippen LogP contribution in [0.5, 0.6) is 0 Å². The first-order chi connectivity index (χ1) is 14.2. The van der Waals surface area contributed by atoms with E-state index in [1.54, 1.807) is 0 Å². The Kier molecular flexibility index (Phi) is 4.41. The average molecular weight is 401 g/mol. The molecule has 0 saturated carbocycles. The largest absolute Gasteiger partial charge is 0.353 e. The molecule has 29 heavy (non-hydrogen) atoms. The summed E-state index contributed by atoms with van der Waals surface area (Å²) in [5.41, 5.74) is 4.84. The molecule has 0 aliphatic carbocycles. The van der Waals surface area contributed by atoms with Crippen LogP contribution in [0.2, 0.25) is 0 Å². The predicted octanol–water partition coefficient (Wildman–Crippen LogP) is 4.98. The van der Waals surface area contributed by atoms with E-state index in [1.165, 1.54) is 27.9 Å². The van der Waals surface area contributed by atoms with E-state index in [0.29, 0.717) is 12.2 Å². The molecule has 0 spiro atoms. The van der Waals surface area contributed by atoms with Gasteiger partial charge in [0.15, 0.2) is 0 Å². The second kappa shape index (κ2) is 7.22. The van der Waals surface area contributed by atoms with Crippen molar-refractivity contribution in [3.8, 4) is 10.7 Å². The van der Waals surface area contributed by atoms with E-state index >= 15 is 0 Å². The molecule has 0 unspecified atom stereocenters. The van der Waals surface area contributed by atoms with Crippen molar-refractivity contribution in [1.82, 2.24) is 19.9 Å². The lowest BCUT2D eigenvalue weighted by molar-refractivity contribution is 0.0948. The molecule has 3 aromatic heterocycles. The fourth-order valence-corrected chi connectivity index (χ4v) is 4.48. The molecule has 5 aromatic rings. The maximum Gasteiger partial charge on any atom is 0.270 e. The number of fused-ring (bicyclic) bond motifs is 2. The van der Waals surface area contributed by atoms with Crippen LogP contribution in [0.25, 0.3) is 32.5 Å². The molecule has 5 rings (SSSR count). The number of nitrogens with one attached hydrogen (secondary N) is 2. The smallest absolute Gasteiger partial charge is 0.270 e. The third-order valence-corrected chi connectivity index (χ3v) is 6.01. The Labute approximate surface area is 172 Å². The number of carbonyl (C=O) groups is 1. The van der Waals surface area contributed by atoms with Gasteiger partial charge in [0.25, 0.3) is 5.91 Å². The maximum absolute atomic E-state index is 12.6. The monoisotopic (exact) mass is 400 g/mol. The van der Waals surface area contributed by atoms with Gasteiger partial charge >= 0.3 is 0 Å². The van der Waals surface area contributed by atoms with E-state index in [9.17, 15) is 4.79 Å². The summed E-state index contributed by atoms with van der Waals surface area (Å²) in [6.45, 7) is 3.37. The molecule has 0 aliphatic heterocycles. The summed E-state index contributed by atoms with van der Waals surface area (Å²) in [5, 5.41) is 7.98. The number of hydrogen-bond acceptors (Lipinski definition) is 3. The molecule has 0 saturated heterocycles. The minimum atomic E-state index is -0.141. The highest BCUT2D eigenvalue weighted by molar-refractivity contribution is 7.13. The van der Waals surface area contributed by atoms with Crippen molar-refractivity contribution in [3.63, 3.8) is 0 Å². The number of hydrogen-bond donors (Lipinski definition) is 2. The van der Waals surface area contributed by atoms with Crippen molar-refractivity contribution in [2.45, 2.75) is 13.5 Å². The van der Waals surface area contributed by atoms with Gasteiger partial charge in [0.2, 0.25) is 0 Å². The van der Waals surface area contributed by atoms with Gasteiger partial charge in [0.05, 0.1) is 5.69 Å². The van der Waals surface area contributed by atoms with Crippen LogP contribution in [-0.2, 0) is 6.54 Å². The normalized spacial score (nSPS) is 11.3. The summed E-state index contributed by atoms with van der Waals surface area (Å²) >= 11 is 1.47. The molecule has 0 bridgehead atoms. The maximum atomic E-state index is 12.6. The van der Waals surface area contributed by atoms with Crippen LogP contribution in [0.3, 0.4) is 0 Å². The number of aromatic nitrogens is 3. The Morgan fingerprint density at radius 3 is 2.76 bits per heavy atom. The van der Waals surface area contributed by atoms with Crippen molar-refractivity contribution < 1.29 is 4.79 Å². The van der Waals surface area contributed by atoms with Gasteiger partial charge in [-0.15, -0.1) is 11.3 Å². The quantitative estimate of drug-likeness (QED) is 0.437. The molecule has 2 aromatic carbocycles. The van der Waals surface area contributed by atoms with Gasteiger partial charge in [-0.3, -0.25) is 4.79 Å². The SMILES string of the molecule is Cc1cc2ccccc2n1CCNC(=O)c1csc(-c2cc3ccccc3[nH]2)n1. The number of aromatic amines is 1. The minimum absolute atomic E-state index is 0.141. The van der Waals surface area contributed by atoms with Crippen molar-refractivity contribution in [2.24, 2.45) is 0 Å². The molecule has 0 aliphatic rings. The average Bonchev–Trinajstić information content (AvgIpc) is 3.44. The molecule has 144 valence electrons. The Hall–Kier alpha value is -3.38. The zero-order valence-electron chi connectivity index (χ0n) is 16.0. The van der Waals surface area contributed by atoms with Gasteiger partial charge in [0, 0.05) is 40.6 Å². The Bertz CT molecular complexity index is 1290. The Morgan fingerprint density at radius 2 is 1.90 bits per heavy atom. The van der Waals surface area contributed by atoms with Crippen molar-refractivity contribution in [1.29, 1.82) is 0 Å². The third kappa shape index (κ3) is 3.32. The van der Waals surface area contributed by atoms with Crippen LogP contribution in [0.15, 0.2) is 66.0 Å². The van der Waals surface area contributed by atoms with E-state index in [4.69, 9.17) is 0 Å². The number of H-pyrrole nitrogens is 1. The molecule has 1 amide bonds. The highest BCUT2D eigenvalue weighted by atomic mass is 32.1. The van der Waals surface area contributed by atoms with Crippen LogP contribution < -0.4 is 5.32 Å². The van der Waals surface area contributed by atoms with E-state index in [0.717, 1.165) is 28.1 Å². The number of aryl methyl sites for hydroxylation is 1. The Balaban J connectivity index is 1.27. The van der Waals surface area contributed by atoms with E-state index in [2.05, 4.69) is 57.1 Å². The molecule has 2 N–H and O–H groups in total. The molecular formula is C23H20N4OS. The first-order valence-electron chi connectivity index (χ1n) is 9.56. The number of amides is 1. The fraction of sp³-hybridized carbons (Fsp3) is 0.130. The summed E-state index contributed by atoms with van der Waals surface area (Å²) in [7, 11) is 0. The zero-order chi connectivity index (χ0) is 19.8. The van der Waals surface area contributed by atoms with Crippen LogP contribution in [0.1, 0.15) is 16.2 Å². The summed E-state index contributed by atoms with van der Waals surface area (Å²) in [4.78, 5) is 20.4. The van der Waals surface area contributed by atoms with Gasteiger partial charge in [-0.05, 0) is 36.6 Å². The van der Waals surface area contributed by atoms with E-state index in [1.807, 2.05) is 35.7 Å². The lowest BCUT2D eigenvalue weighted by Gasteiger charge is -2.09. The van der Waals surface area contributed by atoms with Gasteiger partial charge in [-0.2, -0.15) is 0 Å². The zero-order valence-corrected chi connectivity index (χ0v) is 16.8. The number of rotatable bonds is 5. The number of thiazole rings is 1. The first kappa shape index (κ1) is 17.7. The second-order valence-electron chi connectivity index (χ2n) is 7.06. The van der Waals surface area contributed by atoms with Gasteiger partial charge < -0.3 is 14.9 Å². The van der Waals surface area contributed by atoms with Crippen LogP contribution >= 0.6 is 11.3 Å². The molecular weight excluding hydrogens is 380 g/mol. The summed E-state index contributed by atoms with van der Waals surface area (Å²) in [5.74, 6) is -0.141. The van der Waals surface area contributed by atoms with Gasteiger partial charge in [0.1, 0.15) is 10.7 Å². The van der Waals surface area contributed by atoms with Crippen LogP contribution in [-0.4, -0.2) is 27.0 Å². The predicted molar refractivity (Wildman–Crippen MR) is 118 cm³/mol. The number of nitrogens with zero attached hydrogens (tertiary/aromatic N) is 2. The summed E-state index contributed by atoms with van der Waals surface area (Å²) in [6, 6.07) is 20.6. The van der Waals surface area contributed by atoms with Crippen molar-refractivity contribution in [3.05, 3.63) is 77.4 Å². The van der Waals surface area contributed by atoms with Crippen LogP contribution in [0, 0.1) is 6.92 Å². The summed E-state index contributed by atoms with van der Waals surface area (Å²) < 4.78 is 2.23. The van der Waals surface area contributed by atoms with E-state index < -0.39 is 0 Å². The molecule has 0 fully saturated rings. The summed E-state index contributed by atoms with van der Waals surface area (Å²) in [6.07, 6.45) is 0. The number of para-hydroxylation sites is 2. The lowest BCUT2D eigenvalue weighted by Crippen LogP contribution is -2.27. The van der Waals surface area contributed by atoms with Crippen molar-refractivity contribution >= 4 is 39.0 Å². The van der Waals surface area contributed by atoms with Crippen molar-refractivity contribution in [2.75, 3.05) is 6.54 Å². The lowest BCUT2D eigenvalue weighted by atomic mass is 10.2. The van der Waals surface area contributed by atoms with E-state index in [-0.39, 0.29) is 5.91 Å². The first-order valence-corrected chi connectivity index (χ1v) is 10.4. The number of carbonyl (C=O) groups excluding carboxylic acids is 1. The number of benzene rings is 2. The van der Waals surface area contributed by atoms with Gasteiger partial charge in [-0.1, -0.05) is 36.4 Å². The highest BCUT2D eigenvalue weighted by Crippen LogP contribution is 2.26.